The number of carbonyl (C=O) groups is 2. The van der Waals surface area contributed by atoms with Crippen molar-refractivity contribution in [3.63, 3.8) is 0 Å². The monoisotopic (exact) mass is 258 g/mol. The second-order valence-corrected chi connectivity index (χ2v) is 4.72. The third-order valence-corrected chi connectivity index (χ3v) is 3.02. The van der Waals surface area contributed by atoms with Crippen molar-refractivity contribution in [2.24, 2.45) is 5.73 Å². The summed E-state index contributed by atoms with van der Waals surface area (Å²) in [6, 6.07) is -0.105. The molecule has 0 bridgehead atoms. The molecule has 6 heteroatoms. The van der Waals surface area contributed by atoms with Gasteiger partial charge in [0.1, 0.15) is 0 Å². The summed E-state index contributed by atoms with van der Waals surface area (Å²) in [5.74, 6) is -1.04. The first-order valence-corrected chi connectivity index (χ1v) is 6.43. The molecule has 0 aliphatic carbocycles. The van der Waals surface area contributed by atoms with Crippen LogP contribution in [0.4, 0.5) is 0 Å². The number of carboxylic acid groups (broad SMARTS) is 1. The van der Waals surface area contributed by atoms with Gasteiger partial charge in [-0.3, -0.25) is 4.79 Å². The second-order valence-electron chi connectivity index (χ2n) is 4.72. The molecule has 0 aromatic rings. The van der Waals surface area contributed by atoms with Gasteiger partial charge in [0.25, 0.3) is 0 Å². The van der Waals surface area contributed by atoms with Crippen molar-refractivity contribution >= 4 is 11.9 Å². The molecule has 1 amide bonds. The highest BCUT2D eigenvalue weighted by atomic mass is 16.5. The number of hydrogen-bond acceptors (Lipinski definition) is 4. The Morgan fingerprint density at radius 3 is 2.78 bits per heavy atom. The smallest absolute Gasteiger partial charge is 0.332 e. The van der Waals surface area contributed by atoms with Crippen molar-refractivity contribution in [2.45, 2.75) is 57.3 Å². The van der Waals surface area contributed by atoms with Gasteiger partial charge in [-0.1, -0.05) is 13.3 Å². The number of carbonyl (C=O) groups excluding carboxylic acids is 1. The molecule has 1 aliphatic rings. The van der Waals surface area contributed by atoms with Crippen LogP contribution in [-0.4, -0.2) is 41.8 Å². The van der Waals surface area contributed by atoms with Crippen molar-refractivity contribution in [3.8, 4) is 0 Å². The van der Waals surface area contributed by atoms with Gasteiger partial charge in [-0.05, 0) is 19.3 Å². The molecule has 104 valence electrons. The van der Waals surface area contributed by atoms with Crippen LogP contribution in [-0.2, 0) is 14.3 Å². The Hall–Kier alpha value is -1.14. The van der Waals surface area contributed by atoms with Gasteiger partial charge in [0.2, 0.25) is 5.91 Å². The standard InChI is InChI=1S/C12H22N2O4/c1-2-3-8(13)6-11(15)14-7-9-4-5-10(18-9)12(16)17/h8-10H,2-7,13H2,1H3,(H,14,15)(H,16,17). The van der Waals surface area contributed by atoms with Crippen molar-refractivity contribution in [1.29, 1.82) is 0 Å². The number of nitrogens with two attached hydrogens (primary N) is 1. The summed E-state index contributed by atoms with van der Waals surface area (Å²) in [4.78, 5) is 22.2. The fourth-order valence-electron chi connectivity index (χ4n) is 2.05. The number of carboxylic acids is 1. The van der Waals surface area contributed by atoms with Gasteiger partial charge < -0.3 is 20.9 Å². The Morgan fingerprint density at radius 2 is 2.22 bits per heavy atom. The largest absolute Gasteiger partial charge is 0.479 e. The first-order chi connectivity index (χ1) is 8.52. The zero-order chi connectivity index (χ0) is 13.5. The minimum atomic E-state index is -0.936. The van der Waals surface area contributed by atoms with Crippen LogP contribution in [0.25, 0.3) is 0 Å². The zero-order valence-corrected chi connectivity index (χ0v) is 10.7. The van der Waals surface area contributed by atoms with E-state index in [-0.39, 0.29) is 18.1 Å². The molecule has 6 nitrogen and oxygen atoms in total. The quantitative estimate of drug-likeness (QED) is 0.607. The molecule has 1 fully saturated rings. The van der Waals surface area contributed by atoms with Crippen molar-refractivity contribution in [2.75, 3.05) is 6.54 Å². The average molecular weight is 258 g/mol. The second kappa shape index (κ2) is 7.33. The lowest BCUT2D eigenvalue weighted by Gasteiger charge is -2.14. The third kappa shape index (κ3) is 5.01. The molecular weight excluding hydrogens is 236 g/mol. The van der Waals surface area contributed by atoms with Gasteiger partial charge in [0, 0.05) is 19.0 Å². The summed E-state index contributed by atoms with van der Waals surface area (Å²) in [6.07, 6.45) is 2.34. The van der Waals surface area contributed by atoms with Crippen LogP contribution in [0.1, 0.15) is 39.0 Å². The molecule has 3 unspecified atom stereocenters. The maximum absolute atomic E-state index is 11.5. The van der Waals surface area contributed by atoms with Gasteiger partial charge in [-0.15, -0.1) is 0 Å². The Balaban J connectivity index is 2.17. The Morgan fingerprint density at radius 1 is 1.50 bits per heavy atom. The lowest BCUT2D eigenvalue weighted by molar-refractivity contribution is -0.149. The first kappa shape index (κ1) is 14.9. The van der Waals surface area contributed by atoms with E-state index in [1.165, 1.54) is 0 Å². The SMILES string of the molecule is CCCC(N)CC(=O)NCC1CCC(C(=O)O)O1. The van der Waals surface area contributed by atoms with Gasteiger partial charge in [-0.25, -0.2) is 4.79 Å². The van der Waals surface area contributed by atoms with E-state index in [0.29, 0.717) is 25.8 Å². The predicted molar refractivity (Wildman–Crippen MR) is 66.0 cm³/mol. The number of amides is 1. The maximum Gasteiger partial charge on any atom is 0.332 e. The molecule has 1 aliphatic heterocycles. The molecule has 0 radical (unpaired) electrons. The van der Waals surface area contributed by atoms with Crippen LogP contribution < -0.4 is 11.1 Å². The molecule has 1 rings (SSSR count). The molecule has 0 saturated carbocycles. The molecule has 4 N–H and O–H groups in total. The van der Waals surface area contributed by atoms with Crippen LogP contribution in [0.5, 0.6) is 0 Å². The maximum atomic E-state index is 11.5. The van der Waals surface area contributed by atoms with E-state index in [2.05, 4.69) is 5.32 Å². The Labute approximate surface area is 107 Å². The molecule has 0 aromatic heterocycles. The highest BCUT2D eigenvalue weighted by Gasteiger charge is 2.30. The van der Waals surface area contributed by atoms with E-state index in [1.54, 1.807) is 0 Å². The average Bonchev–Trinajstić information content (AvgIpc) is 2.75. The highest BCUT2D eigenvalue weighted by molar-refractivity contribution is 5.76. The van der Waals surface area contributed by atoms with E-state index in [1.807, 2.05) is 6.92 Å². The lowest BCUT2D eigenvalue weighted by Crippen LogP contribution is -2.36. The van der Waals surface area contributed by atoms with E-state index >= 15 is 0 Å². The molecular formula is C12H22N2O4. The van der Waals surface area contributed by atoms with Gasteiger partial charge in [0.15, 0.2) is 6.10 Å². The number of hydrogen-bond donors (Lipinski definition) is 3. The number of aliphatic carboxylic acids is 1. The topological polar surface area (TPSA) is 102 Å². The van der Waals surface area contributed by atoms with Gasteiger partial charge >= 0.3 is 5.97 Å². The summed E-state index contributed by atoms with van der Waals surface area (Å²) in [6.45, 7) is 2.39. The van der Waals surface area contributed by atoms with Crippen molar-refractivity contribution in [1.82, 2.24) is 5.32 Å². The normalized spacial score (nSPS) is 24.8. The van der Waals surface area contributed by atoms with E-state index in [0.717, 1.165) is 12.8 Å². The minimum absolute atomic E-state index is 0.0988. The fraction of sp³-hybridized carbons (Fsp3) is 0.833. The summed E-state index contributed by atoms with van der Waals surface area (Å²) in [5.41, 5.74) is 5.76. The summed E-state index contributed by atoms with van der Waals surface area (Å²) < 4.78 is 5.28. The Kier molecular flexibility index (Phi) is 6.07. The predicted octanol–water partition coefficient (Wildman–Crippen LogP) is 0.252. The Bertz CT molecular complexity index is 296. The molecule has 3 atom stereocenters. The van der Waals surface area contributed by atoms with E-state index in [4.69, 9.17) is 15.6 Å². The fourth-order valence-corrected chi connectivity index (χ4v) is 2.05. The van der Waals surface area contributed by atoms with E-state index in [9.17, 15) is 9.59 Å². The summed E-state index contributed by atoms with van der Waals surface area (Å²) in [5, 5.41) is 11.5. The summed E-state index contributed by atoms with van der Waals surface area (Å²) >= 11 is 0. The first-order valence-electron chi connectivity index (χ1n) is 6.43. The number of nitrogens with one attached hydrogen (secondary N) is 1. The molecule has 0 spiro atoms. The summed E-state index contributed by atoms with van der Waals surface area (Å²) in [7, 11) is 0. The van der Waals surface area contributed by atoms with Gasteiger partial charge in [0.05, 0.1) is 6.10 Å². The van der Waals surface area contributed by atoms with Crippen LogP contribution in [0.15, 0.2) is 0 Å². The van der Waals surface area contributed by atoms with Crippen LogP contribution in [0, 0.1) is 0 Å². The molecule has 1 saturated heterocycles. The van der Waals surface area contributed by atoms with Crippen molar-refractivity contribution < 1.29 is 19.4 Å². The van der Waals surface area contributed by atoms with Crippen molar-refractivity contribution in [3.05, 3.63) is 0 Å². The van der Waals surface area contributed by atoms with Gasteiger partial charge in [-0.2, -0.15) is 0 Å². The van der Waals surface area contributed by atoms with Crippen LogP contribution >= 0.6 is 0 Å². The van der Waals surface area contributed by atoms with Crippen LogP contribution in [0.3, 0.4) is 0 Å². The molecule has 0 aromatic carbocycles. The lowest BCUT2D eigenvalue weighted by atomic mass is 10.1. The zero-order valence-electron chi connectivity index (χ0n) is 10.7. The number of rotatable bonds is 7. The molecule has 1 heterocycles. The number of ether oxygens (including phenoxy) is 1. The van der Waals surface area contributed by atoms with Crippen LogP contribution in [0.2, 0.25) is 0 Å². The third-order valence-electron chi connectivity index (χ3n) is 3.02. The molecule has 18 heavy (non-hydrogen) atoms. The highest BCUT2D eigenvalue weighted by Crippen LogP contribution is 2.19. The van der Waals surface area contributed by atoms with E-state index < -0.39 is 12.1 Å². The minimum Gasteiger partial charge on any atom is -0.479 e.